The van der Waals surface area contributed by atoms with Crippen molar-refractivity contribution >= 4 is 22.0 Å². The van der Waals surface area contributed by atoms with Crippen LogP contribution >= 0.6 is 11.3 Å². The molecule has 0 aliphatic rings. The Morgan fingerprint density at radius 3 is 2.42 bits per heavy atom. The number of hydrogen-bond acceptors (Lipinski definition) is 7. The summed E-state index contributed by atoms with van der Waals surface area (Å²) in [4.78, 5) is 25.8. The average Bonchev–Trinajstić information content (AvgIpc) is 2.90. The third-order valence-corrected chi connectivity index (χ3v) is 4.51. The zero-order valence-corrected chi connectivity index (χ0v) is 14.0. The van der Waals surface area contributed by atoms with E-state index in [-0.39, 0.29) is 10.4 Å². The predicted molar refractivity (Wildman–Crippen MR) is 89.6 cm³/mol. The van der Waals surface area contributed by atoms with Gasteiger partial charge >= 0.3 is 17.1 Å². The molecule has 0 aliphatic heterocycles. The summed E-state index contributed by atoms with van der Waals surface area (Å²) in [6, 6.07) is 7.68. The van der Waals surface area contributed by atoms with Crippen molar-refractivity contribution in [2.75, 3.05) is 0 Å². The molecule has 0 spiro atoms. The Morgan fingerprint density at radius 2 is 1.88 bits per heavy atom. The standard InChI is InChI=1S/C15H14N4O4S/c1-15(2,3)9-6-4-8(5-7-9)12-17-18-13(21)10(19(22)23)11(20)16-14(18)24-12/h4-7,20H,1-3H3. The Morgan fingerprint density at radius 1 is 1.25 bits per heavy atom. The molecule has 3 aromatic rings. The molecule has 3 rings (SSSR count). The maximum atomic E-state index is 12.1. The molecule has 0 radical (unpaired) electrons. The van der Waals surface area contributed by atoms with Gasteiger partial charge in [0.25, 0.3) is 0 Å². The van der Waals surface area contributed by atoms with Crippen LogP contribution in [-0.2, 0) is 5.41 Å². The molecule has 0 amide bonds. The zero-order chi connectivity index (χ0) is 17.6. The van der Waals surface area contributed by atoms with Gasteiger partial charge in [-0.3, -0.25) is 14.9 Å². The topological polar surface area (TPSA) is 111 Å². The van der Waals surface area contributed by atoms with Crippen molar-refractivity contribution in [3.05, 3.63) is 50.3 Å². The van der Waals surface area contributed by atoms with E-state index in [9.17, 15) is 20.0 Å². The second kappa shape index (κ2) is 5.38. The van der Waals surface area contributed by atoms with Crippen molar-refractivity contribution in [1.82, 2.24) is 14.6 Å². The van der Waals surface area contributed by atoms with Crippen LogP contribution in [0.25, 0.3) is 15.5 Å². The number of benzene rings is 1. The second-order valence-electron chi connectivity index (χ2n) is 6.28. The lowest BCUT2D eigenvalue weighted by molar-refractivity contribution is -0.387. The molecule has 1 N–H and O–H groups in total. The van der Waals surface area contributed by atoms with Crippen molar-refractivity contribution in [2.24, 2.45) is 0 Å². The van der Waals surface area contributed by atoms with E-state index < -0.39 is 22.0 Å². The average molecular weight is 346 g/mol. The Kier molecular flexibility index (Phi) is 3.60. The van der Waals surface area contributed by atoms with Crippen molar-refractivity contribution in [1.29, 1.82) is 0 Å². The van der Waals surface area contributed by atoms with E-state index in [0.29, 0.717) is 5.01 Å². The van der Waals surface area contributed by atoms with Gasteiger partial charge in [0.15, 0.2) is 0 Å². The molecule has 0 unspecified atom stereocenters. The highest BCUT2D eigenvalue weighted by atomic mass is 32.1. The molecule has 0 saturated heterocycles. The predicted octanol–water partition coefficient (Wildman–Crippen LogP) is 2.73. The monoisotopic (exact) mass is 346 g/mol. The van der Waals surface area contributed by atoms with Crippen LogP contribution in [0.3, 0.4) is 0 Å². The van der Waals surface area contributed by atoms with Crippen LogP contribution in [0, 0.1) is 10.1 Å². The molecule has 8 nitrogen and oxygen atoms in total. The van der Waals surface area contributed by atoms with Gasteiger partial charge in [-0.2, -0.15) is 14.6 Å². The molecule has 124 valence electrons. The third kappa shape index (κ3) is 2.62. The van der Waals surface area contributed by atoms with E-state index in [1.54, 1.807) is 0 Å². The summed E-state index contributed by atoms with van der Waals surface area (Å²) in [6.07, 6.45) is 0. The summed E-state index contributed by atoms with van der Waals surface area (Å²) < 4.78 is 0.843. The largest absolute Gasteiger partial charge is 0.488 e. The highest BCUT2D eigenvalue weighted by molar-refractivity contribution is 7.19. The minimum atomic E-state index is -1.00. The van der Waals surface area contributed by atoms with Crippen molar-refractivity contribution in [3.8, 4) is 16.5 Å². The lowest BCUT2D eigenvalue weighted by Gasteiger charge is -2.18. The molecular weight excluding hydrogens is 332 g/mol. The minimum absolute atomic E-state index is 0.0109. The summed E-state index contributed by atoms with van der Waals surface area (Å²) in [5.41, 5.74) is -0.0588. The first-order valence-electron chi connectivity index (χ1n) is 7.06. The Balaban J connectivity index is 2.13. The van der Waals surface area contributed by atoms with E-state index in [4.69, 9.17) is 0 Å². The Bertz CT molecular complexity index is 999. The van der Waals surface area contributed by atoms with Gasteiger partial charge in [-0.25, -0.2) is 0 Å². The first-order valence-corrected chi connectivity index (χ1v) is 7.88. The van der Waals surface area contributed by atoms with Crippen molar-refractivity contribution < 1.29 is 10.0 Å². The number of aromatic nitrogens is 3. The number of nitrogens with zero attached hydrogens (tertiary/aromatic N) is 4. The quantitative estimate of drug-likeness (QED) is 0.564. The zero-order valence-electron chi connectivity index (χ0n) is 13.2. The van der Waals surface area contributed by atoms with Gasteiger partial charge in [-0.15, -0.1) is 0 Å². The molecule has 0 saturated carbocycles. The van der Waals surface area contributed by atoms with Gasteiger partial charge in [0, 0.05) is 5.56 Å². The van der Waals surface area contributed by atoms with Crippen LogP contribution in [-0.4, -0.2) is 24.6 Å². The maximum absolute atomic E-state index is 12.1. The molecule has 2 aromatic heterocycles. The number of hydrogen-bond donors (Lipinski definition) is 1. The number of aromatic hydroxyl groups is 1. The molecular formula is C15H14N4O4S. The number of fused-ring (bicyclic) bond motifs is 1. The minimum Gasteiger partial charge on any atom is -0.488 e. The molecule has 0 bridgehead atoms. The van der Waals surface area contributed by atoms with Gasteiger partial charge in [0.2, 0.25) is 4.96 Å². The third-order valence-electron chi connectivity index (χ3n) is 3.55. The van der Waals surface area contributed by atoms with Crippen LogP contribution in [0.2, 0.25) is 0 Å². The fourth-order valence-electron chi connectivity index (χ4n) is 2.21. The Hall–Kier alpha value is -2.81. The number of rotatable bonds is 2. The summed E-state index contributed by atoms with van der Waals surface area (Å²) >= 11 is 1.07. The fourth-order valence-corrected chi connectivity index (χ4v) is 3.11. The van der Waals surface area contributed by atoms with Crippen LogP contribution < -0.4 is 5.56 Å². The summed E-state index contributed by atoms with van der Waals surface area (Å²) in [5, 5.41) is 25.0. The maximum Gasteiger partial charge on any atom is 0.397 e. The van der Waals surface area contributed by atoms with E-state index in [1.807, 2.05) is 24.3 Å². The first-order chi connectivity index (χ1) is 11.2. The van der Waals surface area contributed by atoms with Crippen LogP contribution in [0.1, 0.15) is 26.3 Å². The van der Waals surface area contributed by atoms with Crippen LogP contribution in [0.15, 0.2) is 29.1 Å². The van der Waals surface area contributed by atoms with E-state index in [2.05, 4.69) is 30.9 Å². The van der Waals surface area contributed by atoms with Gasteiger partial charge in [0.1, 0.15) is 5.01 Å². The summed E-state index contributed by atoms with van der Waals surface area (Å²) in [7, 11) is 0. The van der Waals surface area contributed by atoms with Gasteiger partial charge in [0.05, 0.1) is 4.92 Å². The smallest absolute Gasteiger partial charge is 0.397 e. The number of nitro groups is 1. The lowest BCUT2D eigenvalue weighted by atomic mass is 9.87. The van der Waals surface area contributed by atoms with Crippen molar-refractivity contribution in [3.63, 3.8) is 0 Å². The van der Waals surface area contributed by atoms with Crippen LogP contribution in [0.5, 0.6) is 5.88 Å². The first kappa shape index (κ1) is 16.1. The van der Waals surface area contributed by atoms with E-state index in [0.717, 1.165) is 27.0 Å². The lowest BCUT2D eigenvalue weighted by Crippen LogP contribution is -2.18. The van der Waals surface area contributed by atoms with Gasteiger partial charge in [-0.1, -0.05) is 56.4 Å². The fraction of sp³-hybridized carbons (Fsp3) is 0.267. The molecule has 0 atom stereocenters. The van der Waals surface area contributed by atoms with Gasteiger partial charge < -0.3 is 5.11 Å². The van der Waals surface area contributed by atoms with Gasteiger partial charge in [-0.05, 0) is 11.0 Å². The van der Waals surface area contributed by atoms with E-state index in [1.165, 1.54) is 0 Å². The normalized spacial score (nSPS) is 11.8. The molecule has 1 aromatic carbocycles. The highest BCUT2D eigenvalue weighted by Gasteiger charge is 2.25. The van der Waals surface area contributed by atoms with E-state index >= 15 is 0 Å². The summed E-state index contributed by atoms with van der Waals surface area (Å²) in [6.45, 7) is 6.31. The summed E-state index contributed by atoms with van der Waals surface area (Å²) in [5.74, 6) is -0.900. The molecule has 24 heavy (non-hydrogen) atoms. The Labute approximate surface area is 140 Å². The molecule has 0 fully saturated rings. The highest BCUT2D eigenvalue weighted by Crippen LogP contribution is 2.29. The molecule has 2 heterocycles. The SMILES string of the molecule is CC(C)(C)c1ccc(-c2nn3c(=O)c([N+](=O)[O-])c(O)nc3s2)cc1. The molecule has 9 heteroatoms. The van der Waals surface area contributed by atoms with Crippen LogP contribution in [0.4, 0.5) is 5.69 Å². The second-order valence-corrected chi connectivity index (χ2v) is 7.23. The van der Waals surface area contributed by atoms with Crippen molar-refractivity contribution in [2.45, 2.75) is 26.2 Å². The molecule has 0 aliphatic carbocycles.